The van der Waals surface area contributed by atoms with E-state index < -0.39 is 27.0 Å². The monoisotopic (exact) mass is 222 g/mol. The second kappa shape index (κ2) is 5.50. The van der Waals surface area contributed by atoms with Crippen LogP contribution in [-0.2, 0) is 19.1 Å². The summed E-state index contributed by atoms with van der Waals surface area (Å²) in [7, 11) is -3.25. The van der Waals surface area contributed by atoms with Crippen LogP contribution >= 0.6 is 0 Å². The van der Waals surface area contributed by atoms with Gasteiger partial charge in [0, 0.05) is 12.2 Å². The van der Waals surface area contributed by atoms with Gasteiger partial charge in [-0.15, -0.1) is 0 Å². The molecule has 0 saturated heterocycles. The molecule has 0 aromatic carbocycles. The zero-order chi connectivity index (χ0) is 11.2. The van der Waals surface area contributed by atoms with Gasteiger partial charge in [-0.1, -0.05) is 0 Å². The molecule has 0 unspecified atom stereocenters. The van der Waals surface area contributed by atoms with Crippen LogP contribution in [0.3, 0.4) is 0 Å². The van der Waals surface area contributed by atoms with Crippen molar-refractivity contribution < 1.29 is 33.4 Å². The number of hydrogen-bond donors (Lipinski definition) is 3. The van der Waals surface area contributed by atoms with Crippen LogP contribution in [0.5, 0.6) is 0 Å². The van der Waals surface area contributed by atoms with Gasteiger partial charge in [0.1, 0.15) is 0 Å². The molecule has 0 aliphatic rings. The Morgan fingerprint density at radius 2 is 1.71 bits per heavy atom. The normalized spacial score (nSPS) is 11.4. The molecule has 14 heavy (non-hydrogen) atoms. The second-order valence-electron chi connectivity index (χ2n) is 2.24. The van der Waals surface area contributed by atoms with Crippen LogP contribution in [0.4, 0.5) is 0 Å². The van der Waals surface area contributed by atoms with Gasteiger partial charge in [0.25, 0.3) is 0 Å². The molecule has 0 rings (SSSR count). The standard InChI is InChI=1S/C6H10O7Si/c1-12-5(7)2-3-6(8)13-4-14(9,10)11/h2-3,9-11H,4H2,1H3. The Morgan fingerprint density at radius 1 is 1.21 bits per heavy atom. The van der Waals surface area contributed by atoms with E-state index in [1.807, 2.05) is 0 Å². The number of esters is 2. The average Bonchev–Trinajstić information content (AvgIpc) is 2.09. The van der Waals surface area contributed by atoms with Gasteiger partial charge in [-0.25, -0.2) is 9.59 Å². The Hall–Kier alpha value is -1.22. The average molecular weight is 222 g/mol. The molecule has 0 heterocycles. The summed E-state index contributed by atoms with van der Waals surface area (Å²) in [6, 6.07) is 0. The van der Waals surface area contributed by atoms with Crippen molar-refractivity contribution in [1.82, 2.24) is 0 Å². The molecule has 0 bridgehead atoms. The molecule has 8 heteroatoms. The molecule has 0 radical (unpaired) electrons. The fourth-order valence-electron chi connectivity index (χ4n) is 0.420. The van der Waals surface area contributed by atoms with E-state index in [2.05, 4.69) is 9.47 Å². The second-order valence-corrected chi connectivity index (χ2v) is 4.08. The molecule has 3 N–H and O–H groups in total. The molecule has 0 amide bonds. The summed E-state index contributed by atoms with van der Waals surface area (Å²) in [5.74, 6) is -1.73. The third-order valence-electron chi connectivity index (χ3n) is 0.965. The first-order valence-corrected chi connectivity index (χ1v) is 5.50. The van der Waals surface area contributed by atoms with E-state index >= 15 is 0 Å². The van der Waals surface area contributed by atoms with Crippen molar-refractivity contribution in [2.24, 2.45) is 0 Å². The quantitative estimate of drug-likeness (QED) is 0.279. The maximum absolute atomic E-state index is 10.7. The Morgan fingerprint density at radius 3 is 2.14 bits per heavy atom. The van der Waals surface area contributed by atoms with Crippen LogP contribution in [0, 0.1) is 0 Å². The molecule has 0 aromatic heterocycles. The Kier molecular flexibility index (Phi) is 5.02. The summed E-state index contributed by atoms with van der Waals surface area (Å²) in [4.78, 5) is 46.5. The number of rotatable bonds is 4. The van der Waals surface area contributed by atoms with Gasteiger partial charge in [0.2, 0.25) is 0 Å². The Bertz CT molecular complexity index is 241. The summed E-state index contributed by atoms with van der Waals surface area (Å²) in [6.07, 6.45) is 0.668. The first-order valence-electron chi connectivity index (χ1n) is 3.45. The van der Waals surface area contributed by atoms with Crippen LogP contribution in [0.25, 0.3) is 0 Å². The Balaban J connectivity index is 3.88. The van der Waals surface area contributed by atoms with Crippen molar-refractivity contribution in [3.8, 4) is 0 Å². The third kappa shape index (κ3) is 7.43. The maximum atomic E-state index is 10.7. The van der Waals surface area contributed by atoms with Crippen LogP contribution in [-0.4, -0.2) is 48.5 Å². The number of carbonyl (C=O) groups is 2. The molecular weight excluding hydrogens is 212 g/mol. The van der Waals surface area contributed by atoms with Crippen molar-refractivity contribution in [3.63, 3.8) is 0 Å². The summed E-state index contributed by atoms with van der Waals surface area (Å²) in [5, 5.41) is 0. The van der Waals surface area contributed by atoms with E-state index in [4.69, 9.17) is 14.4 Å². The molecular formula is C6H10O7Si. The molecule has 80 valence electrons. The summed E-state index contributed by atoms with van der Waals surface area (Å²) in [6.45, 7) is 0. The number of hydrogen-bond acceptors (Lipinski definition) is 7. The lowest BCUT2D eigenvalue weighted by Crippen LogP contribution is -2.41. The van der Waals surface area contributed by atoms with Crippen molar-refractivity contribution in [2.45, 2.75) is 0 Å². The minimum Gasteiger partial charge on any atom is -0.466 e. The van der Waals surface area contributed by atoms with Crippen LogP contribution in [0.15, 0.2) is 12.2 Å². The van der Waals surface area contributed by atoms with E-state index in [1.165, 1.54) is 0 Å². The highest BCUT2D eigenvalue weighted by atomic mass is 28.4. The fraction of sp³-hybridized carbons (Fsp3) is 0.333. The highest BCUT2D eigenvalue weighted by molar-refractivity contribution is 6.56. The number of carbonyl (C=O) groups excluding carboxylic acids is 2. The molecule has 0 aliphatic carbocycles. The van der Waals surface area contributed by atoms with Gasteiger partial charge in [0.15, 0.2) is 6.23 Å². The molecule has 0 atom stereocenters. The van der Waals surface area contributed by atoms with Gasteiger partial charge in [-0.2, -0.15) is 0 Å². The van der Waals surface area contributed by atoms with E-state index in [0.29, 0.717) is 0 Å². The third-order valence-corrected chi connectivity index (χ3v) is 1.50. The predicted octanol–water partition coefficient (Wildman–Crippen LogP) is -2.29. The summed E-state index contributed by atoms with van der Waals surface area (Å²) < 4.78 is 8.35. The highest BCUT2D eigenvalue weighted by Crippen LogP contribution is 1.90. The lowest BCUT2D eigenvalue weighted by atomic mass is 10.5. The molecule has 0 aromatic rings. The fourth-order valence-corrected chi connectivity index (χ4v) is 0.756. The largest absolute Gasteiger partial charge is 0.532 e. The van der Waals surface area contributed by atoms with Crippen LogP contribution in [0.1, 0.15) is 0 Å². The smallest absolute Gasteiger partial charge is 0.466 e. The molecule has 7 nitrogen and oxygen atoms in total. The minimum absolute atomic E-state index is 0.742. The molecule has 0 saturated carbocycles. The zero-order valence-corrected chi connectivity index (χ0v) is 8.34. The van der Waals surface area contributed by atoms with Gasteiger partial charge in [0.05, 0.1) is 7.11 Å². The van der Waals surface area contributed by atoms with Gasteiger partial charge in [-0.3, -0.25) is 0 Å². The molecule has 0 spiro atoms. The van der Waals surface area contributed by atoms with Crippen LogP contribution in [0.2, 0.25) is 0 Å². The van der Waals surface area contributed by atoms with Gasteiger partial charge >= 0.3 is 20.7 Å². The van der Waals surface area contributed by atoms with Crippen molar-refractivity contribution in [2.75, 3.05) is 13.3 Å². The molecule has 0 fully saturated rings. The van der Waals surface area contributed by atoms with E-state index in [9.17, 15) is 9.59 Å². The first-order chi connectivity index (χ1) is 6.35. The summed E-state index contributed by atoms with van der Waals surface area (Å²) >= 11 is 0. The zero-order valence-electron chi connectivity index (χ0n) is 7.34. The minimum atomic E-state index is -4.38. The highest BCUT2D eigenvalue weighted by Gasteiger charge is 2.28. The first kappa shape index (κ1) is 12.8. The van der Waals surface area contributed by atoms with E-state index in [1.54, 1.807) is 0 Å². The van der Waals surface area contributed by atoms with Crippen molar-refractivity contribution in [1.29, 1.82) is 0 Å². The molecule has 0 aliphatic heterocycles. The number of methoxy groups -OCH3 is 1. The van der Waals surface area contributed by atoms with E-state index in [0.717, 1.165) is 19.3 Å². The lowest BCUT2D eigenvalue weighted by molar-refractivity contribution is -0.138. The topological polar surface area (TPSA) is 113 Å². The summed E-state index contributed by atoms with van der Waals surface area (Å²) in [5.41, 5.74) is 0. The predicted molar refractivity (Wildman–Crippen MR) is 44.5 cm³/mol. The maximum Gasteiger partial charge on any atom is 0.532 e. The van der Waals surface area contributed by atoms with Gasteiger partial charge in [-0.05, 0) is 0 Å². The Labute approximate surface area is 80.6 Å². The lowest BCUT2D eigenvalue weighted by Gasteiger charge is -2.07. The van der Waals surface area contributed by atoms with Gasteiger partial charge < -0.3 is 23.9 Å². The van der Waals surface area contributed by atoms with E-state index in [-0.39, 0.29) is 0 Å². The van der Waals surface area contributed by atoms with Crippen molar-refractivity contribution >= 4 is 20.7 Å². The van der Waals surface area contributed by atoms with Crippen LogP contribution < -0.4 is 0 Å². The van der Waals surface area contributed by atoms with Crippen molar-refractivity contribution in [3.05, 3.63) is 12.2 Å². The SMILES string of the molecule is COC(=O)C=CC(=O)OC[Si](O)(O)O. The number of ether oxygens (including phenoxy) is 2.